The third-order valence-electron chi connectivity index (χ3n) is 25.9. The van der Waals surface area contributed by atoms with Gasteiger partial charge >= 0.3 is 0 Å². The lowest BCUT2D eigenvalue weighted by molar-refractivity contribution is -0.0508. The predicted molar refractivity (Wildman–Crippen MR) is 327 cm³/mol. The topological polar surface area (TPSA) is 101 Å². The Balaban J connectivity index is 0.000000193. The molecule has 0 aromatic heterocycles. The van der Waals surface area contributed by atoms with Crippen LogP contribution in [-0.4, -0.2) is 49.9 Å². The van der Waals surface area contributed by atoms with Gasteiger partial charge in [0.15, 0.2) is 0 Å². The number of hydrogen-bond acceptors (Lipinski definition) is 5. The maximum Gasteiger partial charge on any atom is 0.115 e. The largest absolute Gasteiger partial charge is 0.508 e. The van der Waals surface area contributed by atoms with Crippen LogP contribution in [0.25, 0.3) is 0 Å². The van der Waals surface area contributed by atoms with Gasteiger partial charge in [0.2, 0.25) is 0 Å². The van der Waals surface area contributed by atoms with Gasteiger partial charge < -0.3 is 25.5 Å². The Hall–Kier alpha value is -2.18. The second kappa shape index (κ2) is 24.0. The molecule has 0 heterocycles. The first-order valence-electron chi connectivity index (χ1n) is 33.3. The molecule has 7 saturated carbocycles. The van der Waals surface area contributed by atoms with Crippen LogP contribution in [0.2, 0.25) is 0 Å². The average molecular weight is 1070 g/mol. The molecule has 0 amide bonds. The van der Waals surface area contributed by atoms with Crippen LogP contribution in [0, 0.1) is 68.5 Å². The van der Waals surface area contributed by atoms with Crippen molar-refractivity contribution in [2.45, 2.75) is 297 Å². The smallest absolute Gasteiger partial charge is 0.115 e. The Labute approximate surface area is 476 Å². The summed E-state index contributed by atoms with van der Waals surface area (Å²) in [5.41, 5.74) is 12.5. The van der Waals surface area contributed by atoms with E-state index in [1.807, 2.05) is 23.3 Å². The van der Waals surface area contributed by atoms with Crippen molar-refractivity contribution < 1.29 is 31.2 Å². The quantitative estimate of drug-likeness (QED) is 0.0944. The number of rotatable bonds is 14. The van der Waals surface area contributed by atoms with Crippen LogP contribution in [0.3, 0.4) is 0 Å². The minimum absolute atomic E-state index is 0. The lowest BCUT2D eigenvalue weighted by Crippen LogP contribution is -2.50. The summed E-state index contributed by atoms with van der Waals surface area (Å²) in [5.74, 6) is 6.61. The number of hydrogen-bond donors (Lipinski definition) is 5. The zero-order valence-corrected chi connectivity index (χ0v) is 50.2. The molecule has 1 aromatic rings. The predicted octanol–water partition coefficient (Wildman–Crippen LogP) is 18.9. The highest BCUT2D eigenvalue weighted by Crippen LogP contribution is 2.68. The SMILES string of the molecule is CCCCCCCC[C@H]1CCC2C3=C(CC[C@@]21C)[C@@]1(C)CC[C@H](O)CC1=CC3.CCCCCCCC[C@H]1CCC2C3CC=C4C[C@@H](O)CC[C@]4(C)C3CC[C@@]21C.C[C@]12CCC3C(=CCc4cc(O)ccc43)C1C[C@@H](O)[C@@H]2O.[2HH].[2HH].[2HH].[2HH]. The Morgan fingerprint density at radius 2 is 1.22 bits per heavy atom. The zero-order valence-electron chi connectivity index (χ0n) is 50.2. The van der Waals surface area contributed by atoms with E-state index in [1.54, 1.807) is 17.2 Å². The fourth-order valence-electron chi connectivity index (χ4n) is 21.0. The third kappa shape index (κ3) is 11.0. The van der Waals surface area contributed by atoms with E-state index < -0.39 is 12.2 Å². The molecule has 0 saturated heterocycles. The summed E-state index contributed by atoms with van der Waals surface area (Å²) in [6, 6.07) is 5.69. The highest BCUT2D eigenvalue weighted by atomic mass is 16.3. The number of benzene rings is 1. The van der Waals surface area contributed by atoms with E-state index in [9.17, 15) is 25.5 Å². The van der Waals surface area contributed by atoms with Gasteiger partial charge in [-0.3, -0.25) is 0 Å². The Morgan fingerprint density at radius 3 is 1.95 bits per heavy atom. The van der Waals surface area contributed by atoms with E-state index in [-0.39, 0.29) is 34.7 Å². The monoisotopic (exact) mass is 1070 g/mol. The number of aliphatic hydroxyl groups excluding tert-OH is 4. The summed E-state index contributed by atoms with van der Waals surface area (Å²) in [4.78, 5) is 0. The molecule has 7 fully saturated rings. The van der Waals surface area contributed by atoms with Crippen molar-refractivity contribution in [1.29, 1.82) is 0 Å². The molecular weight excluding hydrogens is 945 g/mol. The van der Waals surface area contributed by atoms with Crippen LogP contribution >= 0.6 is 0 Å². The van der Waals surface area contributed by atoms with Crippen LogP contribution in [-0.2, 0) is 6.42 Å². The zero-order chi connectivity index (χ0) is 54.3. The summed E-state index contributed by atoms with van der Waals surface area (Å²) in [5, 5.41) is 50.5. The van der Waals surface area contributed by atoms with Gasteiger partial charge in [0, 0.05) is 22.5 Å². The number of unbranched alkanes of at least 4 members (excludes halogenated alkanes) is 10. The van der Waals surface area contributed by atoms with E-state index in [2.05, 4.69) is 66.7 Å². The molecule has 5 heteroatoms. The average Bonchev–Trinajstić information content (AvgIpc) is 4.13. The van der Waals surface area contributed by atoms with Gasteiger partial charge in [0.25, 0.3) is 0 Å². The van der Waals surface area contributed by atoms with E-state index in [1.165, 1.54) is 184 Å². The minimum Gasteiger partial charge on any atom is -0.508 e. The molecule has 6 unspecified atom stereocenters. The molecule has 0 aliphatic heterocycles. The van der Waals surface area contributed by atoms with Crippen molar-refractivity contribution in [3.05, 3.63) is 75.4 Å². The number of aliphatic hydroxyl groups is 4. The molecule has 0 spiro atoms. The molecule has 1 aromatic carbocycles. The fourth-order valence-corrected chi connectivity index (χ4v) is 21.0. The van der Waals surface area contributed by atoms with Crippen molar-refractivity contribution in [3.8, 4) is 5.75 Å². The molecule has 438 valence electrons. The lowest BCUT2D eigenvalue weighted by atomic mass is 9.47. The van der Waals surface area contributed by atoms with E-state index in [0.29, 0.717) is 34.3 Å². The summed E-state index contributed by atoms with van der Waals surface area (Å²) in [6.07, 6.45) is 50.1. The van der Waals surface area contributed by atoms with Crippen molar-refractivity contribution >= 4 is 0 Å². The number of allylic oxidation sites excluding steroid dienone is 6. The van der Waals surface area contributed by atoms with Crippen LogP contribution in [0.1, 0.15) is 283 Å². The summed E-state index contributed by atoms with van der Waals surface area (Å²) < 4.78 is 0. The van der Waals surface area contributed by atoms with Crippen molar-refractivity contribution in [1.82, 2.24) is 0 Å². The molecule has 77 heavy (non-hydrogen) atoms. The standard InChI is InChI=1S/C27H46O.C27H44O.C18H22O3.4H2/c2*1-4-5-6-7-8-9-10-20-12-14-24-23-13-11-21-19-22(28)15-17-27(21,3)25(23)16-18-26(20,24)2;1-18-7-6-13-12-5-3-11(19)8-10(12)2-4-14(13)15(18)9-16(20)17(18)21;;;;/h11,20,22-25,28H,4-10,12-19H2,1-3H3;11,20,22,24,28H,4-10,12-19H2,1-3H3;3-5,8,13,15-17,19-21H,2,6-7,9H2,1H3;4*1H/t20-,22-,23?,24?,25?,26+,27-;20-,22-,24?,26+,27-;13?,15?,16-,17+,18+;;;;/m001..../s1/i;;;4*1+1. The van der Waals surface area contributed by atoms with Gasteiger partial charge in [-0.05, 0) is 222 Å². The highest BCUT2D eigenvalue weighted by molar-refractivity contribution is 5.48. The van der Waals surface area contributed by atoms with Crippen molar-refractivity contribution in [3.63, 3.8) is 0 Å². The van der Waals surface area contributed by atoms with E-state index in [4.69, 9.17) is 0 Å². The van der Waals surface area contributed by atoms with Gasteiger partial charge in [0.05, 0.1) is 24.4 Å². The highest BCUT2D eigenvalue weighted by Gasteiger charge is 2.59. The first-order valence-corrected chi connectivity index (χ1v) is 33.3. The second-order valence-corrected chi connectivity index (χ2v) is 29.8. The number of phenolic OH excluding ortho intramolecular Hbond substituents is 1. The molecule has 5 N–H and O–H groups in total. The van der Waals surface area contributed by atoms with Crippen LogP contribution < -0.4 is 0 Å². The van der Waals surface area contributed by atoms with Gasteiger partial charge in [0.1, 0.15) is 5.75 Å². The lowest BCUT2D eigenvalue weighted by Gasteiger charge is -2.58. The summed E-state index contributed by atoms with van der Waals surface area (Å²) >= 11 is 0. The number of fused-ring (bicyclic) bond motifs is 14. The van der Waals surface area contributed by atoms with Crippen LogP contribution in [0.4, 0.5) is 0 Å². The number of phenols is 1. The number of aromatic hydroxyl groups is 1. The van der Waals surface area contributed by atoms with Gasteiger partial charge in [-0.2, -0.15) is 0 Å². The van der Waals surface area contributed by atoms with Crippen LogP contribution in [0.5, 0.6) is 5.75 Å². The van der Waals surface area contributed by atoms with E-state index >= 15 is 0 Å². The molecule has 17 atom stereocenters. The molecule has 11 aliphatic rings. The molecular formula is C72H120O5. The summed E-state index contributed by atoms with van der Waals surface area (Å²) in [7, 11) is 0. The minimum atomic E-state index is -0.606. The van der Waals surface area contributed by atoms with E-state index in [0.717, 1.165) is 80.5 Å². The maximum atomic E-state index is 10.4. The molecule has 12 rings (SSSR count). The van der Waals surface area contributed by atoms with Gasteiger partial charge in [-0.1, -0.05) is 178 Å². The third-order valence-corrected chi connectivity index (χ3v) is 25.9. The normalized spacial score (nSPS) is 42.1. The second-order valence-electron chi connectivity index (χ2n) is 29.8. The Bertz CT molecular complexity index is 2330. The van der Waals surface area contributed by atoms with Crippen LogP contribution in [0.15, 0.2) is 64.3 Å². The summed E-state index contributed by atoms with van der Waals surface area (Å²) in [6.45, 7) is 17.2. The first-order chi connectivity index (χ1) is 37.0. The maximum absolute atomic E-state index is 10.4. The van der Waals surface area contributed by atoms with Crippen molar-refractivity contribution in [2.24, 2.45) is 68.5 Å². The fraction of sp³-hybridized carbons (Fsp3) is 0.806. The van der Waals surface area contributed by atoms with Gasteiger partial charge in [-0.15, -0.1) is 0 Å². The molecule has 0 radical (unpaired) electrons. The molecule has 11 aliphatic carbocycles. The molecule has 5 nitrogen and oxygen atoms in total. The molecule has 0 bridgehead atoms. The Kier molecular flexibility index (Phi) is 18.1. The first kappa shape index (κ1) is 58.0. The van der Waals surface area contributed by atoms with Crippen molar-refractivity contribution in [2.75, 3.05) is 0 Å². The van der Waals surface area contributed by atoms with Gasteiger partial charge in [-0.25, -0.2) is 0 Å². The Morgan fingerprint density at radius 1 is 0.571 bits per heavy atom.